The van der Waals surface area contributed by atoms with Crippen molar-refractivity contribution >= 4 is 42.2 Å². The molecule has 4 rings (SSSR count). The minimum Gasteiger partial charge on any atom is -0.408 e. The normalized spacial score (nSPS) is 16.1. The van der Waals surface area contributed by atoms with Crippen LogP contribution in [0.25, 0.3) is 0 Å². The van der Waals surface area contributed by atoms with Crippen LogP contribution >= 0.6 is 0 Å². The van der Waals surface area contributed by atoms with E-state index in [1.807, 2.05) is 6.92 Å². The summed E-state index contributed by atoms with van der Waals surface area (Å²) in [6.07, 6.45) is 4.39. The van der Waals surface area contributed by atoms with Gasteiger partial charge in [0.1, 0.15) is 0 Å². The van der Waals surface area contributed by atoms with E-state index in [9.17, 15) is 0 Å². The summed E-state index contributed by atoms with van der Waals surface area (Å²) >= 11 is 0. The fourth-order valence-electron chi connectivity index (χ4n) is 4.90. The van der Waals surface area contributed by atoms with Crippen LogP contribution in [-0.4, -0.2) is 37.6 Å². The van der Waals surface area contributed by atoms with Crippen LogP contribution in [0.5, 0.6) is 0 Å². The molecule has 1 aliphatic heterocycles. The van der Waals surface area contributed by atoms with E-state index < -0.39 is 14.2 Å². The van der Waals surface area contributed by atoms with Crippen molar-refractivity contribution < 1.29 is 18.6 Å². The fraction of sp³-hybridized carbons (Fsp3) is 0.486. The summed E-state index contributed by atoms with van der Waals surface area (Å²) in [5.74, 6) is 0. The molecule has 0 amide bonds. The van der Waals surface area contributed by atoms with Crippen LogP contribution in [-0.2, 0) is 25.0 Å². The lowest BCUT2D eigenvalue weighted by atomic mass is 9.77. The Balaban J connectivity index is 1.66. The van der Waals surface area contributed by atoms with Crippen molar-refractivity contribution in [3.05, 3.63) is 78.4 Å². The molecule has 5 nitrogen and oxygen atoms in total. The first-order valence-electron chi connectivity index (χ1n) is 15.6. The monoisotopic (exact) mass is 569 g/mol. The predicted molar refractivity (Wildman–Crippen MR) is 178 cm³/mol. The Hall–Kier alpha value is -2.57. The van der Waals surface area contributed by atoms with Gasteiger partial charge in [-0.25, -0.2) is 0 Å². The summed E-state index contributed by atoms with van der Waals surface area (Å²) < 4.78 is 25.0. The molecular formula is C35H49B2NO4. The van der Waals surface area contributed by atoms with Crippen molar-refractivity contribution in [3.63, 3.8) is 0 Å². The van der Waals surface area contributed by atoms with Crippen molar-refractivity contribution in [2.45, 2.75) is 105 Å². The second kappa shape index (κ2) is 13.4. The third kappa shape index (κ3) is 7.49. The number of unbranched alkanes of at least 4 members (excludes halogenated alkanes) is 1. The molecule has 1 saturated heterocycles. The van der Waals surface area contributed by atoms with Crippen LogP contribution < -0.4 is 15.8 Å². The molecule has 0 aliphatic carbocycles. The van der Waals surface area contributed by atoms with Crippen molar-refractivity contribution in [1.82, 2.24) is 0 Å². The Kier molecular flexibility index (Phi) is 10.3. The Labute approximate surface area is 255 Å². The molecule has 0 spiro atoms. The quantitative estimate of drug-likeness (QED) is 0.197. The zero-order valence-corrected chi connectivity index (χ0v) is 27.2. The third-order valence-corrected chi connectivity index (χ3v) is 8.71. The Morgan fingerprint density at radius 1 is 0.762 bits per heavy atom. The number of rotatable bonds is 13. The molecule has 42 heavy (non-hydrogen) atoms. The van der Waals surface area contributed by atoms with Crippen molar-refractivity contribution in [1.29, 1.82) is 0 Å². The van der Waals surface area contributed by atoms with Crippen LogP contribution in [0.3, 0.4) is 0 Å². The van der Waals surface area contributed by atoms with Crippen molar-refractivity contribution in [2.24, 2.45) is 0 Å². The summed E-state index contributed by atoms with van der Waals surface area (Å²) in [4.78, 5) is 2.29. The number of hydrogen-bond acceptors (Lipinski definition) is 5. The molecule has 0 unspecified atom stereocenters. The SMILES string of the molecule is CCCCc1ccc(N(c2ccc(B(OCC)OC(C)(C)CC)cc2)c2ccc(B3OC(C)(C)C(C)(C)O3)cc2)cc1. The van der Waals surface area contributed by atoms with E-state index >= 15 is 0 Å². The van der Waals surface area contributed by atoms with E-state index in [4.69, 9.17) is 18.6 Å². The van der Waals surface area contributed by atoms with Gasteiger partial charge in [-0.05, 0) is 121 Å². The standard InChI is InChI=1S/C35H49B2NO4/c1-10-13-14-27-15-21-30(22-16-27)38(31-23-17-28(18-24-31)36(39-12-3)40-33(4,5)11-2)32-25-19-29(20-26-32)37-41-34(6,7)35(8,9)42-37/h15-26H,10-14H2,1-9H3. The summed E-state index contributed by atoms with van der Waals surface area (Å²) in [5, 5.41) is 0. The van der Waals surface area contributed by atoms with E-state index in [2.05, 4.69) is 133 Å². The molecule has 1 heterocycles. The van der Waals surface area contributed by atoms with Crippen LogP contribution in [0, 0.1) is 0 Å². The van der Waals surface area contributed by atoms with Crippen LogP contribution in [0.15, 0.2) is 72.8 Å². The molecule has 0 bridgehead atoms. The molecule has 3 aromatic rings. The fourth-order valence-corrected chi connectivity index (χ4v) is 4.90. The maximum absolute atomic E-state index is 6.36. The van der Waals surface area contributed by atoms with Gasteiger partial charge in [-0.3, -0.25) is 0 Å². The van der Waals surface area contributed by atoms with Crippen molar-refractivity contribution in [2.75, 3.05) is 11.5 Å². The first-order chi connectivity index (χ1) is 19.9. The van der Waals surface area contributed by atoms with Crippen LogP contribution in [0.1, 0.15) is 87.1 Å². The van der Waals surface area contributed by atoms with E-state index in [1.165, 1.54) is 18.4 Å². The summed E-state index contributed by atoms with van der Waals surface area (Å²) in [7, 11) is -0.804. The molecule has 3 aromatic carbocycles. The summed E-state index contributed by atoms with van der Waals surface area (Å²) in [5.41, 5.74) is 5.59. The average molecular weight is 569 g/mol. The second-order valence-corrected chi connectivity index (χ2v) is 12.9. The van der Waals surface area contributed by atoms with E-state index in [0.29, 0.717) is 6.61 Å². The molecule has 0 saturated carbocycles. The molecule has 1 aliphatic rings. The summed E-state index contributed by atoms with van der Waals surface area (Å²) in [6, 6.07) is 26.0. The van der Waals surface area contributed by atoms with Gasteiger partial charge in [0.25, 0.3) is 0 Å². The van der Waals surface area contributed by atoms with Gasteiger partial charge in [0, 0.05) is 29.3 Å². The van der Waals surface area contributed by atoms with Crippen molar-refractivity contribution in [3.8, 4) is 0 Å². The largest absolute Gasteiger partial charge is 0.494 e. The van der Waals surface area contributed by atoms with Gasteiger partial charge in [-0.2, -0.15) is 0 Å². The maximum atomic E-state index is 6.36. The van der Waals surface area contributed by atoms with Gasteiger partial charge in [-0.15, -0.1) is 0 Å². The van der Waals surface area contributed by atoms with Gasteiger partial charge in [0.15, 0.2) is 0 Å². The smallest absolute Gasteiger partial charge is 0.408 e. The number of hydrogen-bond donors (Lipinski definition) is 0. The Morgan fingerprint density at radius 3 is 1.74 bits per heavy atom. The molecule has 0 aromatic heterocycles. The van der Waals surface area contributed by atoms with Crippen LogP contribution in [0.2, 0.25) is 0 Å². The topological polar surface area (TPSA) is 40.2 Å². The number of anilines is 3. The molecule has 0 radical (unpaired) electrons. The van der Waals surface area contributed by atoms with Gasteiger partial charge >= 0.3 is 14.2 Å². The zero-order chi connectivity index (χ0) is 30.5. The number of benzene rings is 3. The first-order valence-corrected chi connectivity index (χ1v) is 15.6. The number of aryl methyl sites for hydroxylation is 1. The van der Waals surface area contributed by atoms with Gasteiger partial charge in [0.2, 0.25) is 0 Å². The van der Waals surface area contributed by atoms with Gasteiger partial charge in [-0.1, -0.05) is 56.7 Å². The Bertz CT molecular complexity index is 1260. The summed E-state index contributed by atoms with van der Waals surface area (Å²) in [6.45, 7) is 19.5. The zero-order valence-electron chi connectivity index (χ0n) is 27.2. The maximum Gasteiger partial charge on any atom is 0.494 e. The van der Waals surface area contributed by atoms with E-state index in [1.54, 1.807) is 0 Å². The number of nitrogens with zero attached hydrogens (tertiary/aromatic N) is 1. The lowest BCUT2D eigenvalue weighted by molar-refractivity contribution is 0.00578. The predicted octanol–water partition coefficient (Wildman–Crippen LogP) is 7.74. The molecule has 0 atom stereocenters. The highest BCUT2D eigenvalue weighted by Gasteiger charge is 2.51. The lowest BCUT2D eigenvalue weighted by Crippen LogP contribution is -2.43. The third-order valence-electron chi connectivity index (χ3n) is 8.71. The highest BCUT2D eigenvalue weighted by Crippen LogP contribution is 2.37. The average Bonchev–Trinajstić information content (AvgIpc) is 3.19. The second-order valence-electron chi connectivity index (χ2n) is 12.9. The minimum atomic E-state index is -0.413. The molecular weight excluding hydrogens is 520 g/mol. The van der Waals surface area contributed by atoms with E-state index in [-0.39, 0.29) is 16.8 Å². The highest BCUT2D eigenvalue weighted by atomic mass is 16.7. The van der Waals surface area contributed by atoms with Crippen LogP contribution in [0.4, 0.5) is 17.1 Å². The molecule has 7 heteroatoms. The Morgan fingerprint density at radius 2 is 1.26 bits per heavy atom. The van der Waals surface area contributed by atoms with Gasteiger partial charge < -0.3 is 23.5 Å². The molecule has 0 N–H and O–H groups in total. The highest BCUT2D eigenvalue weighted by molar-refractivity contribution is 6.62. The lowest BCUT2D eigenvalue weighted by Gasteiger charge is -2.32. The van der Waals surface area contributed by atoms with E-state index in [0.717, 1.165) is 40.8 Å². The first kappa shape index (κ1) is 32.3. The molecule has 1 fully saturated rings. The molecule has 224 valence electrons. The minimum absolute atomic E-state index is 0.275. The van der Waals surface area contributed by atoms with Gasteiger partial charge in [0.05, 0.1) is 11.2 Å².